The second-order valence-corrected chi connectivity index (χ2v) is 5.43. The zero-order valence-corrected chi connectivity index (χ0v) is 13.1. The summed E-state index contributed by atoms with van der Waals surface area (Å²) in [5, 5.41) is 9.12. The molecule has 0 aromatic carbocycles. The lowest BCUT2D eigenvalue weighted by Gasteiger charge is -2.24. The van der Waals surface area contributed by atoms with Crippen molar-refractivity contribution in [1.29, 1.82) is 0 Å². The second kappa shape index (κ2) is 11.6. The molecule has 116 valence electrons. The fourth-order valence-corrected chi connectivity index (χ4v) is 1.41. The summed E-state index contributed by atoms with van der Waals surface area (Å²) < 4.78 is 17.0. The first-order valence-corrected chi connectivity index (χ1v) is 7.53. The lowest BCUT2D eigenvalue weighted by Crippen LogP contribution is -2.31. The molecule has 0 rings (SSSR count). The molecule has 0 spiro atoms. The first-order valence-electron chi connectivity index (χ1n) is 7.53. The van der Waals surface area contributed by atoms with Crippen LogP contribution >= 0.6 is 0 Å². The fourth-order valence-electron chi connectivity index (χ4n) is 1.41. The quantitative estimate of drug-likeness (QED) is 0.415. The van der Waals surface area contributed by atoms with Crippen LogP contribution in [0.4, 0.5) is 0 Å². The van der Waals surface area contributed by atoms with Crippen LogP contribution in [0.15, 0.2) is 0 Å². The van der Waals surface area contributed by atoms with E-state index in [-0.39, 0.29) is 12.9 Å². The summed E-state index contributed by atoms with van der Waals surface area (Å²) in [5.41, 5.74) is -0.489. The highest BCUT2D eigenvalue weighted by molar-refractivity contribution is 4.65. The average molecular weight is 276 g/mol. The second-order valence-electron chi connectivity index (χ2n) is 5.43. The Hall–Kier alpha value is -0.160. The molecule has 0 amide bonds. The molecule has 0 radical (unpaired) electrons. The summed E-state index contributed by atoms with van der Waals surface area (Å²) in [7, 11) is 0. The maximum atomic E-state index is 9.12. The van der Waals surface area contributed by atoms with E-state index in [0.717, 1.165) is 38.9 Å². The van der Waals surface area contributed by atoms with Crippen LogP contribution in [0.2, 0.25) is 0 Å². The van der Waals surface area contributed by atoms with Gasteiger partial charge in [-0.3, -0.25) is 0 Å². The molecular formula is C15H32O4. The van der Waals surface area contributed by atoms with E-state index in [9.17, 15) is 0 Å². The van der Waals surface area contributed by atoms with E-state index in [0.29, 0.717) is 13.0 Å². The highest BCUT2D eigenvalue weighted by Crippen LogP contribution is 2.11. The summed E-state index contributed by atoms with van der Waals surface area (Å²) in [6.07, 6.45) is 4.86. The molecule has 0 heterocycles. The van der Waals surface area contributed by atoms with Gasteiger partial charge < -0.3 is 19.3 Å². The lowest BCUT2D eigenvalue weighted by molar-refractivity contribution is -0.162. The van der Waals surface area contributed by atoms with Gasteiger partial charge in [-0.1, -0.05) is 26.7 Å². The molecule has 1 N–H and O–H groups in total. The van der Waals surface area contributed by atoms with E-state index >= 15 is 0 Å². The zero-order valence-electron chi connectivity index (χ0n) is 13.1. The minimum absolute atomic E-state index is 0.0189. The van der Waals surface area contributed by atoms with Gasteiger partial charge in [0.25, 0.3) is 0 Å². The van der Waals surface area contributed by atoms with Gasteiger partial charge in [-0.25, -0.2) is 0 Å². The maximum Gasteiger partial charge on any atom is 0.159 e. The minimum Gasteiger partial charge on any atom is -0.393 e. The van der Waals surface area contributed by atoms with Crippen molar-refractivity contribution in [2.75, 3.05) is 26.4 Å². The van der Waals surface area contributed by atoms with Crippen molar-refractivity contribution in [2.45, 2.75) is 71.7 Å². The number of aliphatic hydroxyl groups is 1. The van der Waals surface area contributed by atoms with Crippen LogP contribution in [0, 0.1) is 0 Å². The molecule has 0 saturated heterocycles. The predicted molar refractivity (Wildman–Crippen MR) is 77.2 cm³/mol. The molecule has 0 fully saturated rings. The molecule has 4 heteroatoms. The van der Waals surface area contributed by atoms with Crippen molar-refractivity contribution in [3.8, 4) is 0 Å². The van der Waals surface area contributed by atoms with Gasteiger partial charge in [0.15, 0.2) is 6.29 Å². The van der Waals surface area contributed by atoms with Gasteiger partial charge in [-0.2, -0.15) is 0 Å². The molecule has 0 atom stereocenters. The monoisotopic (exact) mass is 276 g/mol. The first-order chi connectivity index (χ1) is 9.05. The zero-order chi connectivity index (χ0) is 14.6. The van der Waals surface area contributed by atoms with Crippen molar-refractivity contribution in [2.24, 2.45) is 0 Å². The Bertz CT molecular complexity index is 185. The van der Waals surface area contributed by atoms with Crippen LogP contribution in [-0.2, 0) is 14.2 Å². The van der Waals surface area contributed by atoms with Gasteiger partial charge in [0.1, 0.15) is 0 Å². The first kappa shape index (κ1) is 18.8. The molecule has 0 saturated carbocycles. The van der Waals surface area contributed by atoms with Crippen molar-refractivity contribution < 1.29 is 19.3 Å². The highest BCUT2D eigenvalue weighted by atomic mass is 16.7. The van der Waals surface area contributed by atoms with Crippen LogP contribution < -0.4 is 0 Å². The van der Waals surface area contributed by atoms with Crippen LogP contribution in [0.3, 0.4) is 0 Å². The lowest BCUT2D eigenvalue weighted by atomic mass is 10.1. The van der Waals surface area contributed by atoms with E-state index in [1.165, 1.54) is 0 Å². The maximum absolute atomic E-state index is 9.12. The standard InChI is InChI=1S/C15H32O4/c1-5-7-10-17-14(18-11-8-6-2)9-12-19-15(3,4)13-16/h14,16H,5-13H2,1-4H3. The van der Waals surface area contributed by atoms with Gasteiger partial charge >= 0.3 is 0 Å². The number of ether oxygens (including phenoxy) is 3. The van der Waals surface area contributed by atoms with Gasteiger partial charge in [0.05, 0.1) is 18.8 Å². The van der Waals surface area contributed by atoms with E-state index in [1.807, 2.05) is 13.8 Å². The smallest absolute Gasteiger partial charge is 0.159 e. The Morgan fingerprint density at radius 1 is 0.947 bits per heavy atom. The van der Waals surface area contributed by atoms with Crippen molar-refractivity contribution in [3.05, 3.63) is 0 Å². The molecule has 0 aliphatic rings. The minimum atomic E-state index is -0.489. The van der Waals surface area contributed by atoms with E-state index in [2.05, 4.69) is 13.8 Å². The molecule has 0 aliphatic heterocycles. The third kappa shape index (κ3) is 11.4. The Morgan fingerprint density at radius 2 is 1.47 bits per heavy atom. The van der Waals surface area contributed by atoms with Crippen molar-refractivity contribution in [1.82, 2.24) is 0 Å². The van der Waals surface area contributed by atoms with E-state index in [4.69, 9.17) is 19.3 Å². The third-order valence-corrected chi connectivity index (χ3v) is 2.83. The highest BCUT2D eigenvalue weighted by Gasteiger charge is 2.18. The van der Waals surface area contributed by atoms with Gasteiger partial charge in [-0.15, -0.1) is 0 Å². The van der Waals surface area contributed by atoms with Crippen LogP contribution in [-0.4, -0.2) is 43.4 Å². The largest absolute Gasteiger partial charge is 0.393 e. The number of hydrogen-bond acceptors (Lipinski definition) is 4. The molecular weight excluding hydrogens is 244 g/mol. The Kier molecular flexibility index (Phi) is 11.6. The van der Waals surface area contributed by atoms with E-state index < -0.39 is 5.60 Å². The third-order valence-electron chi connectivity index (χ3n) is 2.83. The molecule has 19 heavy (non-hydrogen) atoms. The molecule has 0 unspecified atom stereocenters. The number of aliphatic hydroxyl groups excluding tert-OH is 1. The van der Waals surface area contributed by atoms with Gasteiger partial charge in [0.2, 0.25) is 0 Å². The Morgan fingerprint density at radius 3 is 1.89 bits per heavy atom. The molecule has 0 bridgehead atoms. The molecule has 0 aliphatic carbocycles. The van der Waals surface area contributed by atoms with Crippen LogP contribution in [0.5, 0.6) is 0 Å². The number of unbranched alkanes of at least 4 members (excludes halogenated alkanes) is 2. The normalized spacial score (nSPS) is 12.3. The Labute approximate surface area is 118 Å². The topological polar surface area (TPSA) is 47.9 Å². The van der Waals surface area contributed by atoms with Crippen LogP contribution in [0.1, 0.15) is 59.8 Å². The molecule has 0 aromatic heterocycles. The number of hydrogen-bond donors (Lipinski definition) is 1. The van der Waals surface area contributed by atoms with E-state index in [1.54, 1.807) is 0 Å². The van der Waals surface area contributed by atoms with Crippen molar-refractivity contribution >= 4 is 0 Å². The fraction of sp³-hybridized carbons (Fsp3) is 1.00. The SMILES string of the molecule is CCCCOC(CCOC(C)(C)CO)OCCCC. The van der Waals surface area contributed by atoms with Crippen LogP contribution in [0.25, 0.3) is 0 Å². The number of rotatable bonds is 13. The van der Waals surface area contributed by atoms with Gasteiger partial charge in [0, 0.05) is 19.6 Å². The summed E-state index contributed by atoms with van der Waals surface area (Å²) >= 11 is 0. The predicted octanol–water partition coefficient (Wildman–Crippen LogP) is 3.12. The Balaban J connectivity index is 3.88. The summed E-state index contributed by atoms with van der Waals surface area (Å²) in [6, 6.07) is 0. The van der Waals surface area contributed by atoms with Gasteiger partial charge in [-0.05, 0) is 26.7 Å². The summed E-state index contributed by atoms with van der Waals surface area (Å²) in [4.78, 5) is 0. The average Bonchev–Trinajstić information content (AvgIpc) is 2.38. The summed E-state index contributed by atoms with van der Waals surface area (Å²) in [6.45, 7) is 10.1. The molecule has 0 aromatic rings. The van der Waals surface area contributed by atoms with Crippen molar-refractivity contribution in [3.63, 3.8) is 0 Å². The summed E-state index contributed by atoms with van der Waals surface area (Å²) in [5.74, 6) is 0. The molecule has 4 nitrogen and oxygen atoms in total.